The van der Waals surface area contributed by atoms with Gasteiger partial charge < -0.3 is 4.57 Å². The van der Waals surface area contributed by atoms with Crippen molar-refractivity contribution in [3.05, 3.63) is 12.2 Å². The van der Waals surface area contributed by atoms with Gasteiger partial charge in [-0.1, -0.05) is 25.7 Å². The third kappa shape index (κ3) is 2.06. The van der Waals surface area contributed by atoms with Crippen molar-refractivity contribution < 1.29 is 0 Å². The standard InChI is InChI=1S/C12H19N3/c1-2-4-10(3-1)5-8-12-14-13-9-15(12)11-6-7-11/h9-11H,1-8H2. The van der Waals surface area contributed by atoms with Crippen LogP contribution in [0, 0.1) is 5.92 Å². The molecule has 0 saturated heterocycles. The Morgan fingerprint density at radius 1 is 1.20 bits per heavy atom. The fourth-order valence-electron chi connectivity index (χ4n) is 2.74. The van der Waals surface area contributed by atoms with Gasteiger partial charge in [-0.05, 0) is 25.2 Å². The van der Waals surface area contributed by atoms with Crippen molar-refractivity contribution in [3.8, 4) is 0 Å². The molecular weight excluding hydrogens is 186 g/mol. The Labute approximate surface area is 90.9 Å². The SMILES string of the molecule is c1nnc(CCC2CCCC2)n1C1CC1. The summed E-state index contributed by atoms with van der Waals surface area (Å²) < 4.78 is 2.30. The summed E-state index contributed by atoms with van der Waals surface area (Å²) in [7, 11) is 0. The predicted molar refractivity (Wildman–Crippen MR) is 58.6 cm³/mol. The molecule has 0 aromatic carbocycles. The van der Waals surface area contributed by atoms with Crippen LogP contribution in [-0.4, -0.2) is 14.8 Å². The van der Waals surface area contributed by atoms with Crippen molar-refractivity contribution in [2.24, 2.45) is 5.92 Å². The largest absolute Gasteiger partial charge is 0.314 e. The summed E-state index contributed by atoms with van der Waals surface area (Å²) in [6.45, 7) is 0. The van der Waals surface area contributed by atoms with Crippen molar-refractivity contribution in [1.82, 2.24) is 14.8 Å². The van der Waals surface area contributed by atoms with Crippen LogP contribution in [0.2, 0.25) is 0 Å². The van der Waals surface area contributed by atoms with E-state index in [2.05, 4.69) is 14.8 Å². The van der Waals surface area contributed by atoms with Gasteiger partial charge in [-0.3, -0.25) is 0 Å². The lowest BCUT2D eigenvalue weighted by atomic mass is 10.0. The summed E-state index contributed by atoms with van der Waals surface area (Å²) >= 11 is 0. The summed E-state index contributed by atoms with van der Waals surface area (Å²) in [6, 6.07) is 0.735. The van der Waals surface area contributed by atoms with E-state index >= 15 is 0 Å². The van der Waals surface area contributed by atoms with Gasteiger partial charge in [-0.15, -0.1) is 10.2 Å². The smallest absolute Gasteiger partial charge is 0.133 e. The van der Waals surface area contributed by atoms with Gasteiger partial charge in [-0.25, -0.2) is 0 Å². The lowest BCUT2D eigenvalue weighted by molar-refractivity contribution is 0.488. The van der Waals surface area contributed by atoms with Crippen molar-refractivity contribution in [2.45, 2.75) is 57.4 Å². The topological polar surface area (TPSA) is 30.7 Å². The molecule has 82 valence electrons. The Balaban J connectivity index is 1.58. The predicted octanol–water partition coefficient (Wildman–Crippen LogP) is 2.74. The molecule has 2 saturated carbocycles. The molecular formula is C12H19N3. The molecule has 2 fully saturated rings. The van der Waals surface area contributed by atoms with E-state index in [0.717, 1.165) is 18.4 Å². The monoisotopic (exact) mass is 205 g/mol. The second-order valence-corrected chi connectivity index (χ2v) is 5.07. The first-order valence-electron chi connectivity index (χ1n) is 6.32. The van der Waals surface area contributed by atoms with Crippen LogP contribution >= 0.6 is 0 Å². The van der Waals surface area contributed by atoms with Crippen LogP contribution < -0.4 is 0 Å². The van der Waals surface area contributed by atoms with Crippen LogP contribution in [0.4, 0.5) is 0 Å². The normalized spacial score (nSPS) is 22.4. The fourth-order valence-corrected chi connectivity index (χ4v) is 2.74. The van der Waals surface area contributed by atoms with Crippen LogP contribution in [0.5, 0.6) is 0 Å². The summed E-state index contributed by atoms with van der Waals surface area (Å²) in [5, 5.41) is 8.29. The maximum atomic E-state index is 4.25. The quantitative estimate of drug-likeness (QED) is 0.756. The molecule has 0 bridgehead atoms. The molecule has 0 radical (unpaired) electrons. The highest BCUT2D eigenvalue weighted by Gasteiger charge is 2.26. The number of aromatic nitrogens is 3. The van der Waals surface area contributed by atoms with Crippen LogP contribution in [0.1, 0.15) is 56.8 Å². The van der Waals surface area contributed by atoms with Crippen molar-refractivity contribution in [1.29, 1.82) is 0 Å². The van der Waals surface area contributed by atoms with E-state index in [1.54, 1.807) is 0 Å². The molecule has 3 rings (SSSR count). The summed E-state index contributed by atoms with van der Waals surface area (Å²) in [4.78, 5) is 0. The molecule has 0 unspecified atom stereocenters. The molecule has 0 amide bonds. The Morgan fingerprint density at radius 3 is 2.73 bits per heavy atom. The summed E-state index contributed by atoms with van der Waals surface area (Å²) in [5.41, 5.74) is 0. The molecule has 0 atom stereocenters. The van der Waals surface area contributed by atoms with E-state index in [0.29, 0.717) is 0 Å². The van der Waals surface area contributed by atoms with Gasteiger partial charge in [0, 0.05) is 12.5 Å². The van der Waals surface area contributed by atoms with Gasteiger partial charge in [0.15, 0.2) is 0 Å². The zero-order valence-electron chi connectivity index (χ0n) is 9.23. The molecule has 0 spiro atoms. The minimum atomic E-state index is 0.735. The maximum Gasteiger partial charge on any atom is 0.133 e. The maximum absolute atomic E-state index is 4.25. The molecule has 0 aliphatic heterocycles. The second-order valence-electron chi connectivity index (χ2n) is 5.07. The van der Waals surface area contributed by atoms with Crippen LogP contribution in [0.25, 0.3) is 0 Å². The van der Waals surface area contributed by atoms with Crippen LogP contribution in [0.15, 0.2) is 6.33 Å². The summed E-state index contributed by atoms with van der Waals surface area (Å²) in [6.07, 6.45) is 12.8. The van der Waals surface area contributed by atoms with Crippen molar-refractivity contribution in [2.75, 3.05) is 0 Å². The van der Waals surface area contributed by atoms with Crippen LogP contribution in [-0.2, 0) is 6.42 Å². The molecule has 1 aromatic rings. The van der Waals surface area contributed by atoms with Gasteiger partial charge in [0.05, 0.1) is 0 Å². The number of aryl methyl sites for hydroxylation is 1. The zero-order chi connectivity index (χ0) is 10.1. The van der Waals surface area contributed by atoms with E-state index < -0.39 is 0 Å². The molecule has 15 heavy (non-hydrogen) atoms. The third-order valence-corrected chi connectivity index (χ3v) is 3.84. The molecule has 2 aliphatic rings. The molecule has 3 heteroatoms. The van der Waals surface area contributed by atoms with E-state index in [9.17, 15) is 0 Å². The first kappa shape index (κ1) is 9.37. The van der Waals surface area contributed by atoms with Gasteiger partial charge >= 0.3 is 0 Å². The highest BCUT2D eigenvalue weighted by Crippen LogP contribution is 2.36. The van der Waals surface area contributed by atoms with Crippen molar-refractivity contribution in [3.63, 3.8) is 0 Å². The minimum absolute atomic E-state index is 0.735. The third-order valence-electron chi connectivity index (χ3n) is 3.84. The first-order chi connectivity index (χ1) is 7.43. The lowest BCUT2D eigenvalue weighted by Crippen LogP contribution is -2.04. The fraction of sp³-hybridized carbons (Fsp3) is 0.833. The van der Waals surface area contributed by atoms with E-state index in [-0.39, 0.29) is 0 Å². The van der Waals surface area contributed by atoms with E-state index in [4.69, 9.17) is 0 Å². The average molecular weight is 205 g/mol. The Kier molecular flexibility index (Phi) is 2.47. The number of nitrogens with zero attached hydrogens (tertiary/aromatic N) is 3. The molecule has 3 nitrogen and oxygen atoms in total. The Bertz CT molecular complexity index is 321. The average Bonchev–Trinajstić information content (AvgIpc) is 2.81. The van der Waals surface area contributed by atoms with E-state index in [1.807, 2.05) is 6.33 Å². The number of hydrogen-bond acceptors (Lipinski definition) is 2. The van der Waals surface area contributed by atoms with E-state index in [1.165, 1.54) is 50.8 Å². The van der Waals surface area contributed by atoms with Gasteiger partial charge in [0.2, 0.25) is 0 Å². The lowest BCUT2D eigenvalue weighted by Gasteiger charge is -2.08. The van der Waals surface area contributed by atoms with Crippen LogP contribution in [0.3, 0.4) is 0 Å². The number of rotatable bonds is 4. The first-order valence-corrected chi connectivity index (χ1v) is 6.32. The molecule has 1 aromatic heterocycles. The number of hydrogen-bond donors (Lipinski definition) is 0. The highest BCUT2D eigenvalue weighted by atomic mass is 15.3. The minimum Gasteiger partial charge on any atom is -0.314 e. The van der Waals surface area contributed by atoms with Gasteiger partial charge in [0.1, 0.15) is 12.2 Å². The van der Waals surface area contributed by atoms with Gasteiger partial charge in [-0.2, -0.15) is 0 Å². The molecule has 1 heterocycles. The Hall–Kier alpha value is -0.860. The summed E-state index contributed by atoms with van der Waals surface area (Å²) in [5.74, 6) is 2.19. The van der Waals surface area contributed by atoms with Crippen molar-refractivity contribution >= 4 is 0 Å². The van der Waals surface area contributed by atoms with Gasteiger partial charge in [0.25, 0.3) is 0 Å². The zero-order valence-corrected chi connectivity index (χ0v) is 9.23. The Morgan fingerprint density at radius 2 is 2.00 bits per heavy atom. The molecule has 2 aliphatic carbocycles. The highest BCUT2D eigenvalue weighted by molar-refractivity contribution is 4.95. The molecule has 0 N–H and O–H groups in total. The second kappa shape index (κ2) is 3.95.